The highest BCUT2D eigenvalue weighted by molar-refractivity contribution is 6.57. The Morgan fingerprint density at radius 3 is 2.12 bits per heavy atom. The zero-order valence-corrected chi connectivity index (χ0v) is 12.7. The molecule has 0 saturated heterocycles. The molecule has 1 unspecified atom stereocenters. The van der Waals surface area contributed by atoms with Gasteiger partial charge in [-0.1, -0.05) is 70.7 Å². The summed E-state index contributed by atoms with van der Waals surface area (Å²) in [5.74, 6) is 0.740. The molecule has 0 radical (unpaired) electrons. The van der Waals surface area contributed by atoms with Gasteiger partial charge in [0.15, 0.2) is 7.28 Å². The van der Waals surface area contributed by atoms with Crippen LogP contribution >= 0.6 is 0 Å². The smallest absolute Gasteiger partial charge is 0.0808 e. The normalized spacial score (nSPS) is 26.9. The fraction of sp³-hybridized carbons (Fsp3) is 0.750. The van der Waals surface area contributed by atoms with Crippen molar-refractivity contribution < 1.29 is 0 Å². The van der Waals surface area contributed by atoms with Gasteiger partial charge in [0.05, 0.1) is 0 Å². The van der Waals surface area contributed by atoms with E-state index in [9.17, 15) is 0 Å². The summed E-state index contributed by atoms with van der Waals surface area (Å²) in [6, 6.07) is 0. The summed E-state index contributed by atoms with van der Waals surface area (Å²) in [6.45, 7) is 16.7. The minimum Gasteiger partial charge on any atom is -0.0808 e. The van der Waals surface area contributed by atoms with Crippen LogP contribution in [0.4, 0.5) is 0 Å². The molecule has 1 aliphatic carbocycles. The van der Waals surface area contributed by atoms with Gasteiger partial charge in [0.1, 0.15) is 0 Å². The van der Waals surface area contributed by atoms with Gasteiger partial charge in [0, 0.05) is 5.92 Å². The van der Waals surface area contributed by atoms with Crippen LogP contribution < -0.4 is 0 Å². The van der Waals surface area contributed by atoms with Crippen LogP contribution in [0.1, 0.15) is 61.3 Å². The molecule has 0 aromatic carbocycles. The zero-order chi connectivity index (χ0) is 13.0. The number of allylic oxidation sites excluding steroid dienone is 4. The molecule has 0 aromatic rings. The Labute approximate surface area is 108 Å². The number of hydrogen-bond donors (Lipinski definition) is 0. The van der Waals surface area contributed by atoms with Crippen LogP contribution in [0, 0.1) is 11.3 Å². The van der Waals surface area contributed by atoms with Crippen LogP contribution in [0.25, 0.3) is 0 Å². The van der Waals surface area contributed by atoms with E-state index in [1.165, 1.54) is 20.1 Å². The van der Waals surface area contributed by atoms with E-state index in [1.807, 2.05) is 0 Å². The molecule has 0 spiro atoms. The summed E-state index contributed by atoms with van der Waals surface area (Å²) >= 11 is 0. The second-order valence-electron chi connectivity index (χ2n) is 7.41. The van der Waals surface area contributed by atoms with Gasteiger partial charge in [-0.05, 0) is 23.6 Å². The maximum Gasteiger partial charge on any atom is 0.168 e. The van der Waals surface area contributed by atoms with Crippen LogP contribution in [-0.2, 0) is 0 Å². The number of rotatable bonds is 2. The first kappa shape index (κ1) is 13.0. The lowest BCUT2D eigenvalue weighted by atomic mass is 9.35. The van der Waals surface area contributed by atoms with E-state index in [0.29, 0.717) is 10.7 Å². The van der Waals surface area contributed by atoms with Crippen LogP contribution in [0.15, 0.2) is 22.2 Å². The predicted molar refractivity (Wildman–Crippen MR) is 78.8 cm³/mol. The summed E-state index contributed by atoms with van der Waals surface area (Å²) in [7, 11) is 1.31. The second-order valence-corrected chi connectivity index (χ2v) is 7.41. The molecule has 94 valence electrons. The van der Waals surface area contributed by atoms with E-state index in [2.05, 4.69) is 48.5 Å². The van der Waals surface area contributed by atoms with Gasteiger partial charge in [-0.15, -0.1) is 0 Å². The molecule has 0 aromatic heterocycles. The van der Waals surface area contributed by atoms with Crippen molar-refractivity contribution in [2.45, 2.75) is 66.6 Å². The third kappa shape index (κ3) is 1.73. The van der Waals surface area contributed by atoms with E-state index in [-0.39, 0.29) is 0 Å². The highest BCUT2D eigenvalue weighted by atomic mass is 14.5. The maximum atomic E-state index is 2.42. The molecule has 0 N–H and O–H groups in total. The first-order valence-electron chi connectivity index (χ1n) is 7.21. The Balaban J connectivity index is 2.51. The lowest BCUT2D eigenvalue weighted by molar-refractivity contribution is 0.429. The van der Waals surface area contributed by atoms with Crippen molar-refractivity contribution in [3.05, 3.63) is 22.2 Å². The topological polar surface area (TPSA) is 0 Å². The summed E-state index contributed by atoms with van der Waals surface area (Å²) < 4.78 is 0. The second kappa shape index (κ2) is 3.77. The first-order chi connectivity index (χ1) is 7.74. The van der Waals surface area contributed by atoms with Gasteiger partial charge in [0.25, 0.3) is 0 Å². The largest absolute Gasteiger partial charge is 0.168 e. The number of hydrogen-bond acceptors (Lipinski definition) is 0. The van der Waals surface area contributed by atoms with E-state index >= 15 is 0 Å². The Kier molecular flexibility index (Phi) is 2.88. The quantitative estimate of drug-likeness (QED) is 0.604. The van der Waals surface area contributed by atoms with Crippen LogP contribution in [0.3, 0.4) is 0 Å². The minimum atomic E-state index is 0.333. The van der Waals surface area contributed by atoms with Crippen molar-refractivity contribution in [2.24, 2.45) is 11.3 Å². The molecular weight excluding hydrogens is 203 g/mol. The molecule has 0 nitrogen and oxygen atoms in total. The third-order valence-corrected chi connectivity index (χ3v) is 4.63. The molecule has 1 heterocycles. The lowest BCUT2D eigenvalue weighted by Crippen LogP contribution is -2.32. The molecular formula is C16H27B. The average Bonchev–Trinajstić information content (AvgIpc) is 2.46. The monoisotopic (exact) mass is 230 g/mol. The summed E-state index contributed by atoms with van der Waals surface area (Å²) in [4.78, 5) is 0. The van der Waals surface area contributed by atoms with Crippen molar-refractivity contribution in [2.75, 3.05) is 0 Å². The van der Waals surface area contributed by atoms with Gasteiger partial charge < -0.3 is 0 Å². The van der Waals surface area contributed by atoms with Crippen LogP contribution in [0.5, 0.6) is 0 Å². The molecule has 17 heavy (non-hydrogen) atoms. The highest BCUT2D eigenvalue weighted by Gasteiger charge is 2.49. The van der Waals surface area contributed by atoms with Gasteiger partial charge in [-0.3, -0.25) is 0 Å². The summed E-state index contributed by atoms with van der Waals surface area (Å²) in [6.07, 6.45) is 2.50. The zero-order valence-electron chi connectivity index (χ0n) is 12.7. The van der Waals surface area contributed by atoms with Crippen LogP contribution in [0.2, 0.25) is 5.31 Å². The van der Waals surface area contributed by atoms with E-state index in [1.54, 1.807) is 22.2 Å². The SMILES string of the molecule is CCC1=C(C(C)(C)C)C(CC)C2=C1BC2(C)C. The Morgan fingerprint density at radius 2 is 1.76 bits per heavy atom. The molecule has 0 fully saturated rings. The van der Waals surface area contributed by atoms with Gasteiger partial charge in [0.2, 0.25) is 0 Å². The fourth-order valence-electron chi connectivity index (χ4n) is 4.19. The van der Waals surface area contributed by atoms with E-state index in [0.717, 1.165) is 5.92 Å². The van der Waals surface area contributed by atoms with E-state index < -0.39 is 0 Å². The molecule has 1 heteroatoms. The van der Waals surface area contributed by atoms with Crippen molar-refractivity contribution in [3.63, 3.8) is 0 Å². The molecule has 0 bridgehead atoms. The van der Waals surface area contributed by atoms with Gasteiger partial charge in [-0.25, -0.2) is 0 Å². The third-order valence-electron chi connectivity index (χ3n) is 4.63. The summed E-state index contributed by atoms with van der Waals surface area (Å²) in [5, 5.41) is 0.462. The van der Waals surface area contributed by atoms with E-state index in [4.69, 9.17) is 0 Å². The molecule has 1 aliphatic heterocycles. The first-order valence-corrected chi connectivity index (χ1v) is 7.21. The standard InChI is InChI=1S/C16H27B/c1-8-10-12(15(3,4)5)11(9-2)14-13(10)16(6,7)17-14/h10,17H,8-9H2,1-7H3. The summed E-state index contributed by atoms with van der Waals surface area (Å²) in [5.41, 5.74) is 7.30. The maximum absolute atomic E-state index is 2.42. The van der Waals surface area contributed by atoms with Crippen molar-refractivity contribution in [1.82, 2.24) is 0 Å². The highest BCUT2D eigenvalue weighted by Crippen LogP contribution is 2.61. The van der Waals surface area contributed by atoms with Crippen LogP contribution in [-0.4, -0.2) is 7.28 Å². The molecule has 1 atom stereocenters. The predicted octanol–water partition coefficient (Wildman–Crippen LogP) is 4.68. The fourth-order valence-corrected chi connectivity index (χ4v) is 4.19. The van der Waals surface area contributed by atoms with Crippen molar-refractivity contribution >= 4 is 7.28 Å². The Bertz CT molecular complexity index is 402. The Morgan fingerprint density at radius 1 is 1.18 bits per heavy atom. The Hall–Kier alpha value is -0.455. The average molecular weight is 230 g/mol. The molecule has 2 aliphatic rings. The van der Waals surface area contributed by atoms with Gasteiger partial charge >= 0.3 is 0 Å². The van der Waals surface area contributed by atoms with Crippen molar-refractivity contribution in [1.29, 1.82) is 0 Å². The minimum absolute atomic E-state index is 0.333. The van der Waals surface area contributed by atoms with Crippen molar-refractivity contribution in [3.8, 4) is 0 Å². The lowest BCUT2D eigenvalue weighted by Gasteiger charge is -2.41. The molecule has 0 amide bonds. The van der Waals surface area contributed by atoms with Gasteiger partial charge in [-0.2, -0.15) is 0 Å². The molecule has 2 rings (SSSR count). The molecule has 0 saturated carbocycles.